The van der Waals surface area contributed by atoms with E-state index in [-0.39, 0.29) is 6.61 Å². The van der Waals surface area contributed by atoms with Crippen molar-refractivity contribution in [1.82, 2.24) is 0 Å². The Morgan fingerprint density at radius 1 is 1.83 bits per heavy atom. The maximum atomic E-state index is 7.57. The minimum absolute atomic E-state index is 0.250. The molecular weight excluding hydrogens is 82.0 g/mol. The maximum Gasteiger partial charge on any atom is 0.0569 e. The second-order valence-electron chi connectivity index (χ2n) is 0.552. The molecule has 0 aromatic carbocycles. The molecule has 0 bridgehead atoms. The maximum absolute atomic E-state index is 7.57. The van der Waals surface area contributed by atoms with Crippen molar-refractivity contribution in [3.8, 4) is 0 Å². The van der Waals surface area contributed by atoms with Gasteiger partial charge in [-0.15, -0.1) is 0 Å². The molecule has 3 N–H and O–H groups in total. The zero-order valence-electron chi connectivity index (χ0n) is 4.14. The minimum atomic E-state index is 0.250. The number of aliphatic hydroxyl groups excluding tert-OH is 1. The zero-order valence-corrected chi connectivity index (χ0v) is 4.14. The highest BCUT2D eigenvalue weighted by Crippen LogP contribution is 1.30. The van der Waals surface area contributed by atoms with Crippen LogP contribution in [0.1, 0.15) is 6.92 Å². The van der Waals surface area contributed by atoms with Gasteiger partial charge in [0.2, 0.25) is 0 Å². The normalized spacial score (nSPS) is 6.00. The summed E-state index contributed by atoms with van der Waals surface area (Å²) in [5, 5.41) is 7.57. The van der Waals surface area contributed by atoms with Gasteiger partial charge in [0.05, 0.1) is 7.11 Å². The van der Waals surface area contributed by atoms with Gasteiger partial charge in [0, 0.05) is 6.61 Å². The Labute approximate surface area is 37.7 Å². The molecule has 0 aliphatic carbocycles. The van der Waals surface area contributed by atoms with Crippen LogP contribution in [-0.4, -0.2) is 18.8 Å². The molecule has 0 radical (unpaired) electrons. The minimum Gasteiger partial charge on any atom is -0.397 e. The number of rotatable bonds is 0. The Balaban J connectivity index is 0. The van der Waals surface area contributed by atoms with Gasteiger partial charge < -0.3 is 9.94 Å². The average molecular weight is 93.1 g/mol. The van der Waals surface area contributed by atoms with Crippen molar-refractivity contribution in [2.45, 2.75) is 6.92 Å². The lowest BCUT2D eigenvalue weighted by atomic mass is 10.9. The number of hydrogen-bond donors (Lipinski definition) is 2. The van der Waals surface area contributed by atoms with Crippen LogP contribution in [0.15, 0.2) is 0 Å². The summed E-state index contributed by atoms with van der Waals surface area (Å²) in [5.41, 5.74) is 0. The van der Waals surface area contributed by atoms with E-state index in [4.69, 9.17) is 5.11 Å². The standard InChI is InChI=1S/C2H6O.CH5NO/c1-2-3;1-3-2/h3H,2H2,1H3;2H2,1H3. The van der Waals surface area contributed by atoms with Crippen molar-refractivity contribution in [3.05, 3.63) is 0 Å². The first-order chi connectivity index (χ1) is 2.83. The molecular formula is C3H11NO2. The van der Waals surface area contributed by atoms with Crippen molar-refractivity contribution in [2.24, 2.45) is 5.90 Å². The SMILES string of the molecule is CCO.CON. The van der Waals surface area contributed by atoms with Crippen LogP contribution in [-0.2, 0) is 4.84 Å². The lowest BCUT2D eigenvalue weighted by Gasteiger charge is -1.62. The van der Waals surface area contributed by atoms with Crippen LogP contribution in [0.5, 0.6) is 0 Å². The molecule has 0 heterocycles. The molecule has 3 nitrogen and oxygen atoms in total. The Kier molecular flexibility index (Phi) is 32.2. The summed E-state index contributed by atoms with van der Waals surface area (Å²) in [5.74, 6) is 4.35. The van der Waals surface area contributed by atoms with Gasteiger partial charge in [-0.1, -0.05) is 0 Å². The molecule has 0 fully saturated rings. The van der Waals surface area contributed by atoms with Crippen LogP contribution in [0, 0.1) is 0 Å². The number of hydrogen-bond acceptors (Lipinski definition) is 3. The quantitative estimate of drug-likeness (QED) is 0.397. The highest BCUT2D eigenvalue weighted by atomic mass is 16.6. The smallest absolute Gasteiger partial charge is 0.0569 e. The molecule has 0 aliphatic rings. The average Bonchev–Trinajstić information content (AvgIpc) is 1.39. The van der Waals surface area contributed by atoms with Crippen molar-refractivity contribution < 1.29 is 9.94 Å². The molecule has 0 saturated heterocycles. The molecule has 0 aliphatic heterocycles. The predicted molar refractivity (Wildman–Crippen MR) is 24.0 cm³/mol. The summed E-state index contributed by atoms with van der Waals surface area (Å²) in [4.78, 5) is 3.75. The lowest BCUT2D eigenvalue weighted by Crippen LogP contribution is -1.86. The molecule has 0 spiro atoms. The number of nitrogens with two attached hydrogens (primary N) is 1. The third-order valence-corrected chi connectivity index (χ3v) is 0. The van der Waals surface area contributed by atoms with Gasteiger partial charge in [-0.3, -0.25) is 0 Å². The molecule has 0 rings (SSSR count). The molecule has 40 valence electrons. The van der Waals surface area contributed by atoms with Gasteiger partial charge in [0.15, 0.2) is 0 Å². The first kappa shape index (κ1) is 9.30. The van der Waals surface area contributed by atoms with E-state index in [9.17, 15) is 0 Å². The zero-order chi connectivity index (χ0) is 5.41. The summed E-state index contributed by atoms with van der Waals surface area (Å²) >= 11 is 0. The van der Waals surface area contributed by atoms with Gasteiger partial charge in [0.25, 0.3) is 0 Å². The van der Waals surface area contributed by atoms with Crippen molar-refractivity contribution >= 4 is 0 Å². The van der Waals surface area contributed by atoms with E-state index in [1.165, 1.54) is 7.11 Å². The van der Waals surface area contributed by atoms with E-state index in [0.717, 1.165) is 0 Å². The summed E-state index contributed by atoms with van der Waals surface area (Å²) in [6, 6.07) is 0. The Morgan fingerprint density at radius 2 is 1.83 bits per heavy atom. The molecule has 0 aromatic rings. The van der Waals surface area contributed by atoms with Gasteiger partial charge in [-0.05, 0) is 6.92 Å². The Morgan fingerprint density at radius 3 is 1.83 bits per heavy atom. The third kappa shape index (κ3) is 2230. The van der Waals surface area contributed by atoms with Crippen LogP contribution in [0.3, 0.4) is 0 Å². The molecule has 0 unspecified atom stereocenters. The summed E-state index contributed by atoms with van der Waals surface area (Å²) in [6.07, 6.45) is 0. The highest BCUT2D eigenvalue weighted by Gasteiger charge is 1.34. The lowest BCUT2D eigenvalue weighted by molar-refractivity contribution is 0.206. The molecule has 0 amide bonds. The van der Waals surface area contributed by atoms with E-state index in [1.54, 1.807) is 6.92 Å². The fourth-order valence-corrected chi connectivity index (χ4v) is 0. The monoisotopic (exact) mass is 93.1 g/mol. The molecule has 0 atom stereocenters. The molecule has 3 heteroatoms. The first-order valence-electron chi connectivity index (χ1n) is 1.67. The third-order valence-electron chi connectivity index (χ3n) is 0. The van der Waals surface area contributed by atoms with Crippen molar-refractivity contribution in [3.63, 3.8) is 0 Å². The van der Waals surface area contributed by atoms with Gasteiger partial charge in [-0.2, -0.15) is 0 Å². The fourth-order valence-electron chi connectivity index (χ4n) is 0. The van der Waals surface area contributed by atoms with E-state index in [0.29, 0.717) is 0 Å². The summed E-state index contributed by atoms with van der Waals surface area (Å²) < 4.78 is 0. The van der Waals surface area contributed by atoms with Gasteiger partial charge >= 0.3 is 0 Å². The van der Waals surface area contributed by atoms with Crippen LogP contribution >= 0.6 is 0 Å². The number of aliphatic hydroxyl groups is 1. The first-order valence-corrected chi connectivity index (χ1v) is 1.67. The van der Waals surface area contributed by atoms with Crippen molar-refractivity contribution in [1.29, 1.82) is 0 Å². The van der Waals surface area contributed by atoms with Crippen molar-refractivity contribution in [2.75, 3.05) is 13.7 Å². The van der Waals surface area contributed by atoms with E-state index < -0.39 is 0 Å². The second kappa shape index (κ2) is 20.8. The van der Waals surface area contributed by atoms with Crippen LogP contribution < -0.4 is 5.90 Å². The van der Waals surface area contributed by atoms with E-state index in [2.05, 4.69) is 10.7 Å². The largest absolute Gasteiger partial charge is 0.397 e. The van der Waals surface area contributed by atoms with Crippen LogP contribution in [0.4, 0.5) is 0 Å². The van der Waals surface area contributed by atoms with E-state index >= 15 is 0 Å². The summed E-state index contributed by atoms with van der Waals surface area (Å²) in [7, 11) is 1.40. The Hall–Kier alpha value is -0.120. The fraction of sp³-hybridized carbons (Fsp3) is 1.00. The molecule has 0 saturated carbocycles. The molecule has 6 heavy (non-hydrogen) atoms. The van der Waals surface area contributed by atoms with Crippen LogP contribution in [0.25, 0.3) is 0 Å². The van der Waals surface area contributed by atoms with Crippen LogP contribution in [0.2, 0.25) is 0 Å². The summed E-state index contributed by atoms with van der Waals surface area (Å²) in [6.45, 7) is 1.93. The van der Waals surface area contributed by atoms with E-state index in [1.807, 2.05) is 0 Å². The topological polar surface area (TPSA) is 55.5 Å². The predicted octanol–water partition coefficient (Wildman–Crippen LogP) is -0.495. The van der Waals surface area contributed by atoms with Gasteiger partial charge in [0.1, 0.15) is 0 Å². The second-order valence-corrected chi connectivity index (χ2v) is 0.552. The Bertz CT molecular complexity index is 10.8. The molecule has 0 aromatic heterocycles. The van der Waals surface area contributed by atoms with Gasteiger partial charge in [-0.25, -0.2) is 5.90 Å². The highest BCUT2D eigenvalue weighted by molar-refractivity contribution is 3.84.